The molecule has 4 N–H and O–H groups in total. The number of benzene rings is 3. The molecule has 3 aromatic carbocycles. The van der Waals surface area contributed by atoms with Crippen LogP contribution in [0.15, 0.2) is 48.5 Å². The SMILES string of the molecule is Nc1cccc(Oc2c(F)c(C(F)(F)F)c(C(F)(F)F)c(Oc3cccc(N)c3)c2C(F)(F)F)c1. The summed E-state index contributed by atoms with van der Waals surface area (Å²) in [5.74, 6) is -8.97. The van der Waals surface area contributed by atoms with Crippen LogP contribution in [0.4, 0.5) is 55.3 Å². The van der Waals surface area contributed by atoms with E-state index in [1.807, 2.05) is 0 Å². The van der Waals surface area contributed by atoms with Crippen LogP contribution >= 0.6 is 0 Å². The predicted octanol–water partition coefficient (Wildman–Crippen LogP) is 7.63. The fourth-order valence-corrected chi connectivity index (χ4v) is 3.06. The zero-order chi connectivity index (χ0) is 26.3. The van der Waals surface area contributed by atoms with Gasteiger partial charge in [-0.2, -0.15) is 39.5 Å². The summed E-state index contributed by atoms with van der Waals surface area (Å²) >= 11 is 0. The van der Waals surface area contributed by atoms with Gasteiger partial charge in [0.25, 0.3) is 0 Å². The third kappa shape index (κ3) is 5.46. The molecule has 0 atom stereocenters. The van der Waals surface area contributed by atoms with Crippen LogP contribution < -0.4 is 20.9 Å². The quantitative estimate of drug-likeness (QED) is 0.278. The topological polar surface area (TPSA) is 70.5 Å². The Morgan fingerprint density at radius 2 is 0.943 bits per heavy atom. The Hall–Kier alpha value is -3.84. The second-order valence-electron chi connectivity index (χ2n) is 6.94. The van der Waals surface area contributed by atoms with Gasteiger partial charge >= 0.3 is 18.5 Å². The van der Waals surface area contributed by atoms with Crippen molar-refractivity contribution < 1.29 is 53.4 Å². The van der Waals surface area contributed by atoms with Crippen molar-refractivity contribution in [2.75, 3.05) is 11.5 Å². The molecule has 0 spiro atoms. The standard InChI is InChI=1S/C21H12F10N2O2/c22-16-13(19(23,24)25)14(20(26,27)28)17(34-11-5-1-3-9(32)7-11)15(21(29,30)31)18(16)35-12-6-2-4-10(33)8-12/h1-8H,32-33H2. The van der Waals surface area contributed by atoms with Gasteiger partial charge in [0.05, 0.1) is 0 Å². The predicted molar refractivity (Wildman–Crippen MR) is 103 cm³/mol. The lowest BCUT2D eigenvalue weighted by atomic mass is 9.98. The van der Waals surface area contributed by atoms with Gasteiger partial charge in [-0.1, -0.05) is 12.1 Å². The van der Waals surface area contributed by atoms with Crippen molar-refractivity contribution in [1.29, 1.82) is 0 Å². The zero-order valence-electron chi connectivity index (χ0n) is 16.9. The first-order valence-corrected chi connectivity index (χ1v) is 9.18. The molecule has 0 aliphatic heterocycles. The Balaban J connectivity index is 2.49. The molecule has 0 bridgehead atoms. The smallest absolute Gasteiger partial charge is 0.423 e. The Morgan fingerprint density at radius 3 is 1.31 bits per heavy atom. The summed E-state index contributed by atoms with van der Waals surface area (Å²) in [6, 6.07) is 7.89. The molecule has 0 amide bonds. The highest BCUT2D eigenvalue weighted by Gasteiger charge is 2.54. The maximum atomic E-state index is 15.0. The number of hydrogen-bond donors (Lipinski definition) is 2. The van der Waals surface area contributed by atoms with Crippen molar-refractivity contribution in [3.8, 4) is 23.0 Å². The van der Waals surface area contributed by atoms with Crippen LogP contribution in [-0.2, 0) is 18.5 Å². The van der Waals surface area contributed by atoms with Crippen molar-refractivity contribution in [2.24, 2.45) is 0 Å². The number of hydrogen-bond acceptors (Lipinski definition) is 4. The highest BCUT2D eigenvalue weighted by molar-refractivity contribution is 5.61. The van der Waals surface area contributed by atoms with E-state index < -0.39 is 64.0 Å². The minimum absolute atomic E-state index is 0.143. The first-order valence-electron chi connectivity index (χ1n) is 9.18. The highest BCUT2D eigenvalue weighted by Crippen LogP contribution is 2.56. The molecule has 0 saturated carbocycles. The lowest BCUT2D eigenvalue weighted by Gasteiger charge is -2.26. The Kier molecular flexibility index (Phi) is 6.44. The number of halogens is 10. The molecule has 0 aromatic heterocycles. The number of anilines is 2. The van der Waals surface area contributed by atoms with E-state index in [9.17, 15) is 43.9 Å². The third-order valence-corrected chi connectivity index (χ3v) is 4.36. The van der Waals surface area contributed by atoms with Crippen LogP contribution in [-0.4, -0.2) is 0 Å². The number of nitrogen functional groups attached to an aromatic ring is 2. The van der Waals surface area contributed by atoms with E-state index in [0.717, 1.165) is 36.4 Å². The molecule has 3 aromatic rings. The van der Waals surface area contributed by atoms with E-state index in [0.29, 0.717) is 0 Å². The van der Waals surface area contributed by atoms with E-state index in [1.54, 1.807) is 0 Å². The molecule has 0 radical (unpaired) electrons. The zero-order valence-corrected chi connectivity index (χ0v) is 16.9. The molecule has 3 rings (SSSR count). The maximum Gasteiger partial charge on any atom is 0.423 e. The average Bonchev–Trinajstić information content (AvgIpc) is 2.67. The van der Waals surface area contributed by atoms with E-state index in [-0.39, 0.29) is 11.4 Å². The highest BCUT2D eigenvalue weighted by atomic mass is 19.4. The van der Waals surface area contributed by atoms with E-state index >= 15 is 0 Å². The van der Waals surface area contributed by atoms with Gasteiger partial charge in [-0.15, -0.1) is 0 Å². The number of ether oxygens (including phenoxy) is 2. The molecular weight excluding hydrogens is 502 g/mol. The molecular formula is C21H12F10N2O2. The van der Waals surface area contributed by atoms with Crippen molar-refractivity contribution in [2.45, 2.75) is 18.5 Å². The molecule has 188 valence electrons. The summed E-state index contributed by atoms with van der Waals surface area (Å²) in [6.45, 7) is 0. The van der Waals surface area contributed by atoms with Crippen molar-refractivity contribution in [3.05, 3.63) is 71.0 Å². The van der Waals surface area contributed by atoms with Crippen LogP contribution in [0.1, 0.15) is 16.7 Å². The lowest BCUT2D eigenvalue weighted by Crippen LogP contribution is -2.24. The fraction of sp³-hybridized carbons (Fsp3) is 0.143. The average molecular weight is 514 g/mol. The van der Waals surface area contributed by atoms with Crippen molar-refractivity contribution in [1.82, 2.24) is 0 Å². The summed E-state index contributed by atoms with van der Waals surface area (Å²) < 4.78 is 149. The van der Waals surface area contributed by atoms with Crippen molar-refractivity contribution in [3.63, 3.8) is 0 Å². The van der Waals surface area contributed by atoms with Crippen LogP contribution in [0.3, 0.4) is 0 Å². The summed E-state index contributed by atoms with van der Waals surface area (Å²) in [5.41, 5.74) is 1.87. The van der Waals surface area contributed by atoms with Crippen LogP contribution in [0.2, 0.25) is 0 Å². The molecule has 0 heterocycles. The molecule has 0 fully saturated rings. The van der Waals surface area contributed by atoms with Gasteiger partial charge in [-0.05, 0) is 24.3 Å². The first kappa shape index (κ1) is 25.8. The Labute approximate surface area is 189 Å². The van der Waals surface area contributed by atoms with Gasteiger partial charge in [0.15, 0.2) is 17.3 Å². The second kappa shape index (κ2) is 8.74. The molecule has 0 saturated heterocycles. The van der Waals surface area contributed by atoms with Gasteiger partial charge in [0, 0.05) is 23.5 Å². The summed E-state index contributed by atoms with van der Waals surface area (Å²) in [7, 11) is 0. The fourth-order valence-electron chi connectivity index (χ4n) is 3.06. The number of nitrogens with two attached hydrogens (primary N) is 2. The lowest BCUT2D eigenvalue weighted by molar-refractivity contribution is -0.167. The summed E-state index contributed by atoms with van der Waals surface area (Å²) in [6.07, 6.45) is -18.1. The maximum absolute atomic E-state index is 15.0. The molecule has 0 unspecified atom stereocenters. The molecule has 4 nitrogen and oxygen atoms in total. The Morgan fingerprint density at radius 1 is 0.543 bits per heavy atom. The van der Waals surface area contributed by atoms with Gasteiger partial charge in [-0.3, -0.25) is 0 Å². The molecule has 0 aliphatic rings. The van der Waals surface area contributed by atoms with Gasteiger partial charge < -0.3 is 20.9 Å². The molecule has 14 heteroatoms. The van der Waals surface area contributed by atoms with E-state index in [4.69, 9.17) is 16.2 Å². The van der Waals surface area contributed by atoms with Gasteiger partial charge in [-0.25, -0.2) is 4.39 Å². The number of rotatable bonds is 4. The molecule has 0 aliphatic carbocycles. The number of alkyl halides is 9. The summed E-state index contributed by atoms with van der Waals surface area (Å²) in [5, 5.41) is 0. The molecule has 35 heavy (non-hydrogen) atoms. The monoisotopic (exact) mass is 514 g/mol. The van der Waals surface area contributed by atoms with Gasteiger partial charge in [0.2, 0.25) is 0 Å². The minimum Gasteiger partial charge on any atom is -0.456 e. The van der Waals surface area contributed by atoms with E-state index in [2.05, 4.69) is 4.74 Å². The van der Waals surface area contributed by atoms with E-state index in [1.165, 1.54) is 12.1 Å². The van der Waals surface area contributed by atoms with Crippen LogP contribution in [0.25, 0.3) is 0 Å². The normalized spacial score (nSPS) is 12.5. The van der Waals surface area contributed by atoms with Crippen LogP contribution in [0.5, 0.6) is 23.0 Å². The minimum atomic E-state index is -6.14. The Bertz CT molecular complexity index is 1250. The van der Waals surface area contributed by atoms with Crippen molar-refractivity contribution >= 4 is 11.4 Å². The summed E-state index contributed by atoms with van der Waals surface area (Å²) in [4.78, 5) is 0. The second-order valence-corrected chi connectivity index (χ2v) is 6.94. The first-order chi connectivity index (χ1) is 16.0. The van der Waals surface area contributed by atoms with Gasteiger partial charge in [0.1, 0.15) is 28.2 Å². The van der Waals surface area contributed by atoms with Crippen LogP contribution in [0, 0.1) is 5.82 Å². The largest absolute Gasteiger partial charge is 0.456 e. The third-order valence-electron chi connectivity index (χ3n) is 4.36.